The largest absolute Gasteiger partial charge is 0.455 e. The molecule has 2 aromatic heterocycles. The van der Waals surface area contributed by atoms with E-state index in [9.17, 15) is 4.79 Å². The van der Waals surface area contributed by atoms with Crippen LogP contribution in [0.5, 0.6) is 0 Å². The Kier molecular flexibility index (Phi) is 3.88. The molecule has 3 aromatic rings. The van der Waals surface area contributed by atoms with Crippen molar-refractivity contribution >= 4 is 17.5 Å². The first-order valence-electron chi connectivity index (χ1n) is 8.23. The summed E-state index contributed by atoms with van der Waals surface area (Å²) < 4.78 is 7.72. The van der Waals surface area contributed by atoms with E-state index in [1.807, 2.05) is 35.9 Å². The van der Waals surface area contributed by atoms with Crippen molar-refractivity contribution in [2.75, 3.05) is 7.05 Å². The van der Waals surface area contributed by atoms with Crippen LogP contribution in [-0.2, 0) is 19.4 Å². The summed E-state index contributed by atoms with van der Waals surface area (Å²) in [7, 11) is 1.60. The number of hydrogen-bond donors (Lipinski definition) is 1. The molecular weight excluding hydrogens is 338 g/mol. The van der Waals surface area contributed by atoms with E-state index in [1.165, 1.54) is 5.56 Å². The van der Waals surface area contributed by atoms with Crippen molar-refractivity contribution in [3.8, 4) is 11.3 Å². The summed E-state index contributed by atoms with van der Waals surface area (Å²) in [5.41, 5.74) is 4.91. The second kappa shape index (κ2) is 6.08. The summed E-state index contributed by atoms with van der Waals surface area (Å²) in [5, 5.41) is 8.11. The summed E-state index contributed by atoms with van der Waals surface area (Å²) in [5.74, 6) is 1.01. The predicted molar refractivity (Wildman–Crippen MR) is 96.0 cm³/mol. The van der Waals surface area contributed by atoms with Gasteiger partial charge in [0.25, 0.3) is 5.91 Å². The van der Waals surface area contributed by atoms with Gasteiger partial charge in [-0.05, 0) is 30.5 Å². The second-order valence-corrected chi connectivity index (χ2v) is 6.63. The van der Waals surface area contributed by atoms with Crippen molar-refractivity contribution < 1.29 is 9.21 Å². The number of aromatic nitrogens is 2. The van der Waals surface area contributed by atoms with Gasteiger partial charge in [0.2, 0.25) is 0 Å². The number of benzene rings is 1. The Morgan fingerprint density at radius 3 is 2.92 bits per heavy atom. The molecule has 0 unspecified atom stereocenters. The van der Waals surface area contributed by atoms with Crippen molar-refractivity contribution in [3.05, 3.63) is 63.7 Å². The minimum Gasteiger partial charge on any atom is -0.455 e. The van der Waals surface area contributed by atoms with Gasteiger partial charge in [0.1, 0.15) is 5.76 Å². The van der Waals surface area contributed by atoms with Crippen LogP contribution < -0.4 is 5.32 Å². The summed E-state index contributed by atoms with van der Waals surface area (Å²) in [4.78, 5) is 12.0. The molecule has 1 aliphatic rings. The molecule has 2 heterocycles. The molecule has 1 aromatic carbocycles. The fourth-order valence-electron chi connectivity index (χ4n) is 3.38. The van der Waals surface area contributed by atoms with Gasteiger partial charge in [-0.2, -0.15) is 5.10 Å². The molecule has 4 rings (SSSR count). The molecule has 1 amide bonds. The van der Waals surface area contributed by atoms with Gasteiger partial charge in [-0.1, -0.05) is 29.8 Å². The zero-order valence-electron chi connectivity index (χ0n) is 14.1. The Labute approximate surface area is 150 Å². The number of carbonyl (C=O) groups is 1. The molecule has 0 radical (unpaired) electrons. The van der Waals surface area contributed by atoms with Crippen molar-refractivity contribution in [2.24, 2.45) is 0 Å². The molecule has 0 fully saturated rings. The molecule has 5 nitrogen and oxygen atoms in total. The standard InChI is InChI=1S/C19H18ClN3O2/c1-11-16-15(25-18(11)19(24)21-2)8-7-13-10-23(22-17(13)16)9-12-5-3-4-6-14(12)20/h3-6,10H,7-9H2,1-2H3,(H,21,24). The highest BCUT2D eigenvalue weighted by atomic mass is 35.5. The Morgan fingerprint density at radius 1 is 1.36 bits per heavy atom. The van der Waals surface area contributed by atoms with E-state index in [2.05, 4.69) is 11.5 Å². The zero-order chi connectivity index (χ0) is 17.6. The first-order chi connectivity index (χ1) is 12.1. The van der Waals surface area contributed by atoms with Crippen LogP contribution >= 0.6 is 11.6 Å². The van der Waals surface area contributed by atoms with Crippen molar-refractivity contribution in [1.82, 2.24) is 15.1 Å². The summed E-state index contributed by atoms with van der Waals surface area (Å²) in [6.45, 7) is 2.52. The summed E-state index contributed by atoms with van der Waals surface area (Å²) >= 11 is 6.26. The molecule has 0 saturated heterocycles. The van der Waals surface area contributed by atoms with Crippen molar-refractivity contribution in [2.45, 2.75) is 26.3 Å². The van der Waals surface area contributed by atoms with Crippen LogP contribution in [0.4, 0.5) is 0 Å². The molecule has 0 spiro atoms. The molecule has 0 atom stereocenters. The van der Waals surface area contributed by atoms with Gasteiger partial charge in [0.15, 0.2) is 5.76 Å². The van der Waals surface area contributed by atoms with Gasteiger partial charge < -0.3 is 9.73 Å². The Balaban J connectivity index is 1.74. The minimum atomic E-state index is -0.205. The maximum Gasteiger partial charge on any atom is 0.287 e. The summed E-state index contributed by atoms with van der Waals surface area (Å²) in [6, 6.07) is 7.77. The van der Waals surface area contributed by atoms with Gasteiger partial charge in [0, 0.05) is 35.8 Å². The van der Waals surface area contributed by atoms with Crippen LogP contribution in [0.3, 0.4) is 0 Å². The van der Waals surface area contributed by atoms with Crippen LogP contribution in [0.1, 0.15) is 33.0 Å². The second-order valence-electron chi connectivity index (χ2n) is 6.23. The number of aryl methyl sites for hydroxylation is 2. The Hall–Kier alpha value is -2.53. The average molecular weight is 356 g/mol. The molecule has 0 bridgehead atoms. The number of nitrogens with zero attached hydrogens (tertiary/aromatic N) is 2. The maximum absolute atomic E-state index is 12.0. The van der Waals surface area contributed by atoms with Crippen LogP contribution in [0, 0.1) is 6.92 Å². The number of carbonyl (C=O) groups excluding carboxylic acids is 1. The zero-order valence-corrected chi connectivity index (χ0v) is 14.9. The van der Waals surface area contributed by atoms with Gasteiger partial charge >= 0.3 is 0 Å². The average Bonchev–Trinajstić information content (AvgIpc) is 3.16. The van der Waals surface area contributed by atoms with Crippen LogP contribution in [-0.4, -0.2) is 22.7 Å². The van der Waals surface area contributed by atoms with Gasteiger partial charge in [-0.25, -0.2) is 0 Å². The third-order valence-electron chi connectivity index (χ3n) is 4.64. The summed E-state index contributed by atoms with van der Waals surface area (Å²) in [6.07, 6.45) is 3.69. The lowest BCUT2D eigenvalue weighted by Crippen LogP contribution is -2.17. The fourth-order valence-corrected chi connectivity index (χ4v) is 3.57. The maximum atomic E-state index is 12.0. The lowest BCUT2D eigenvalue weighted by molar-refractivity contribution is 0.0933. The highest BCUT2D eigenvalue weighted by Gasteiger charge is 2.29. The molecule has 128 valence electrons. The van der Waals surface area contributed by atoms with Crippen LogP contribution in [0.25, 0.3) is 11.3 Å². The number of hydrogen-bond acceptors (Lipinski definition) is 3. The quantitative estimate of drug-likeness (QED) is 0.780. The normalized spacial score (nSPS) is 12.6. The Morgan fingerprint density at radius 2 is 2.16 bits per heavy atom. The molecule has 1 aliphatic carbocycles. The van der Waals surface area contributed by atoms with Crippen molar-refractivity contribution in [3.63, 3.8) is 0 Å². The van der Waals surface area contributed by atoms with E-state index < -0.39 is 0 Å². The van der Waals surface area contributed by atoms with Gasteiger partial charge in [-0.3, -0.25) is 9.48 Å². The molecule has 0 aliphatic heterocycles. The van der Waals surface area contributed by atoms with E-state index in [1.54, 1.807) is 7.05 Å². The van der Waals surface area contributed by atoms with E-state index in [0.29, 0.717) is 12.3 Å². The molecule has 0 saturated carbocycles. The number of rotatable bonds is 3. The highest BCUT2D eigenvalue weighted by molar-refractivity contribution is 6.31. The number of furan rings is 1. The number of fused-ring (bicyclic) bond motifs is 3. The number of halogens is 1. The molecular formula is C19H18ClN3O2. The lowest BCUT2D eigenvalue weighted by atomic mass is 9.93. The topological polar surface area (TPSA) is 60.1 Å². The smallest absolute Gasteiger partial charge is 0.287 e. The fraction of sp³-hybridized carbons (Fsp3) is 0.263. The number of amides is 1. The van der Waals surface area contributed by atoms with E-state index >= 15 is 0 Å². The lowest BCUT2D eigenvalue weighted by Gasteiger charge is -2.09. The molecule has 1 N–H and O–H groups in total. The monoisotopic (exact) mass is 355 g/mol. The first kappa shape index (κ1) is 16.0. The van der Waals surface area contributed by atoms with E-state index in [0.717, 1.165) is 46.0 Å². The predicted octanol–water partition coefficient (Wildman–Crippen LogP) is 3.61. The van der Waals surface area contributed by atoms with Crippen LogP contribution in [0.15, 0.2) is 34.9 Å². The highest BCUT2D eigenvalue weighted by Crippen LogP contribution is 2.38. The SMILES string of the molecule is CNC(=O)c1oc2c(c1C)-c1nn(Cc3ccccc3Cl)cc1CC2. The van der Waals surface area contributed by atoms with E-state index in [-0.39, 0.29) is 5.91 Å². The van der Waals surface area contributed by atoms with Gasteiger partial charge in [-0.15, -0.1) is 0 Å². The Bertz CT molecular complexity index is 971. The van der Waals surface area contributed by atoms with Gasteiger partial charge in [0.05, 0.1) is 12.2 Å². The third-order valence-corrected chi connectivity index (χ3v) is 5.01. The minimum absolute atomic E-state index is 0.205. The first-order valence-corrected chi connectivity index (χ1v) is 8.60. The molecule has 25 heavy (non-hydrogen) atoms. The van der Waals surface area contributed by atoms with Crippen molar-refractivity contribution in [1.29, 1.82) is 0 Å². The number of nitrogens with one attached hydrogen (secondary N) is 1. The van der Waals surface area contributed by atoms with E-state index in [4.69, 9.17) is 21.1 Å². The third kappa shape index (κ3) is 2.65. The van der Waals surface area contributed by atoms with Crippen LogP contribution in [0.2, 0.25) is 5.02 Å². The molecule has 6 heteroatoms.